The molecule has 1 aromatic carbocycles. The van der Waals surface area contributed by atoms with Crippen LogP contribution in [0.3, 0.4) is 0 Å². The third-order valence-electron chi connectivity index (χ3n) is 2.21. The van der Waals surface area contributed by atoms with Crippen LogP contribution in [-0.2, 0) is 0 Å². The Balaban J connectivity index is 4.35. The van der Waals surface area contributed by atoms with Gasteiger partial charge in [0.1, 0.15) is 35.4 Å². The fourth-order valence-corrected chi connectivity index (χ4v) is 4.26. The van der Waals surface area contributed by atoms with E-state index in [0.29, 0.717) is 28.3 Å². The molecule has 0 saturated heterocycles. The Morgan fingerprint density at radius 3 is 0.900 bits per heavy atom. The number of nitrogens with zero attached hydrogens (tertiary/aromatic N) is 4. The van der Waals surface area contributed by atoms with Crippen LogP contribution in [0, 0.1) is 45.3 Å². The SMILES string of the molecule is N#CC(C#N)=c1c(Br)c(Br)c(=C(C#N)C#N)c(Br)c1Br. The van der Waals surface area contributed by atoms with Crippen molar-refractivity contribution >= 4 is 74.9 Å². The molecule has 0 aromatic heterocycles. The largest absolute Gasteiger partial charge is 0.192 e. The zero-order valence-electron chi connectivity index (χ0n) is 9.30. The van der Waals surface area contributed by atoms with Crippen LogP contribution < -0.4 is 10.4 Å². The molecule has 96 valence electrons. The van der Waals surface area contributed by atoms with E-state index >= 15 is 0 Å². The van der Waals surface area contributed by atoms with Crippen molar-refractivity contribution in [2.45, 2.75) is 0 Å². The van der Waals surface area contributed by atoms with Crippen molar-refractivity contribution in [1.29, 1.82) is 21.0 Å². The van der Waals surface area contributed by atoms with Crippen molar-refractivity contribution in [2.24, 2.45) is 0 Å². The normalized spacial score (nSPS) is 8.80. The summed E-state index contributed by atoms with van der Waals surface area (Å²) in [4.78, 5) is 0. The van der Waals surface area contributed by atoms with Crippen molar-refractivity contribution in [3.05, 3.63) is 28.3 Å². The summed E-state index contributed by atoms with van der Waals surface area (Å²) in [6.45, 7) is 0. The van der Waals surface area contributed by atoms with Crippen molar-refractivity contribution < 1.29 is 0 Å². The smallest absolute Gasteiger partial charge is 0.139 e. The fraction of sp³-hybridized carbons (Fsp3) is 0. The van der Waals surface area contributed by atoms with Crippen molar-refractivity contribution in [3.8, 4) is 24.3 Å². The predicted molar refractivity (Wildman–Crippen MR) is 85.8 cm³/mol. The highest BCUT2D eigenvalue weighted by molar-refractivity contribution is 9.14. The van der Waals surface area contributed by atoms with E-state index in [1.807, 2.05) is 0 Å². The van der Waals surface area contributed by atoms with Gasteiger partial charge in [0, 0.05) is 28.3 Å². The van der Waals surface area contributed by atoms with Crippen LogP contribution in [0.1, 0.15) is 0 Å². The highest BCUT2D eigenvalue weighted by atomic mass is 79.9. The minimum atomic E-state index is -0.104. The molecular formula is C12Br4N4. The third kappa shape index (κ3) is 2.80. The number of rotatable bonds is 0. The molecule has 0 aliphatic carbocycles. The summed E-state index contributed by atoms with van der Waals surface area (Å²) in [7, 11) is 0. The molecule has 8 heteroatoms. The Kier molecular flexibility index (Phi) is 5.93. The standard InChI is InChI=1S/C12Br4N4/c13-9-7(5(1-17)2-18)10(14)12(16)8(11(9)15)6(3-19)4-20. The Morgan fingerprint density at radius 2 is 0.750 bits per heavy atom. The van der Waals surface area contributed by atoms with Crippen LogP contribution in [0.5, 0.6) is 0 Å². The summed E-state index contributed by atoms with van der Waals surface area (Å²) >= 11 is 13.1. The van der Waals surface area contributed by atoms with Gasteiger partial charge in [0.05, 0.1) is 0 Å². The molecule has 0 N–H and O–H groups in total. The second-order valence-electron chi connectivity index (χ2n) is 3.20. The van der Waals surface area contributed by atoms with Gasteiger partial charge in [-0.25, -0.2) is 0 Å². The second kappa shape index (κ2) is 7.02. The van der Waals surface area contributed by atoms with Crippen LogP contribution in [0.25, 0.3) is 11.1 Å². The molecule has 0 fully saturated rings. The quantitative estimate of drug-likeness (QED) is 0.492. The number of hydrogen-bond donors (Lipinski definition) is 0. The summed E-state index contributed by atoms with van der Waals surface area (Å²) in [5.74, 6) is 0. The molecule has 0 radical (unpaired) electrons. The first-order valence-corrected chi connectivity index (χ1v) is 7.82. The van der Waals surface area contributed by atoms with Gasteiger partial charge in [-0.2, -0.15) is 21.0 Å². The molecule has 0 spiro atoms. The molecule has 0 amide bonds. The maximum absolute atomic E-state index is 8.99. The average Bonchev–Trinajstić information content (AvgIpc) is 2.46. The van der Waals surface area contributed by atoms with Gasteiger partial charge in [-0.15, -0.1) is 0 Å². The Bertz CT molecular complexity index is 746. The van der Waals surface area contributed by atoms with Gasteiger partial charge in [-0.1, -0.05) is 0 Å². The molecule has 4 nitrogen and oxygen atoms in total. The Hall–Kier alpha value is -1.16. The third-order valence-corrected chi connectivity index (χ3v) is 6.45. The second-order valence-corrected chi connectivity index (χ2v) is 6.38. The highest BCUT2D eigenvalue weighted by Crippen LogP contribution is 2.26. The van der Waals surface area contributed by atoms with E-state index in [1.54, 1.807) is 24.3 Å². The molecule has 0 aliphatic rings. The first kappa shape index (κ1) is 16.9. The van der Waals surface area contributed by atoms with E-state index in [2.05, 4.69) is 63.7 Å². The van der Waals surface area contributed by atoms with Gasteiger partial charge in [-0.3, -0.25) is 0 Å². The summed E-state index contributed by atoms with van der Waals surface area (Å²) in [5.41, 5.74) is -0.209. The zero-order valence-corrected chi connectivity index (χ0v) is 15.6. The summed E-state index contributed by atoms with van der Waals surface area (Å²) in [5, 5.41) is 36.6. The molecule has 1 aromatic rings. The minimum absolute atomic E-state index is 0.104. The lowest BCUT2D eigenvalue weighted by atomic mass is 10.1. The molecule has 1 rings (SSSR count). The summed E-state index contributed by atoms with van der Waals surface area (Å²) in [6, 6.07) is 7.19. The lowest BCUT2D eigenvalue weighted by Crippen LogP contribution is -2.21. The Labute approximate surface area is 147 Å². The van der Waals surface area contributed by atoms with Crippen LogP contribution in [0.2, 0.25) is 0 Å². The van der Waals surface area contributed by atoms with Gasteiger partial charge in [0.25, 0.3) is 0 Å². The number of hydrogen-bond acceptors (Lipinski definition) is 4. The van der Waals surface area contributed by atoms with Crippen LogP contribution >= 0.6 is 63.7 Å². The summed E-state index contributed by atoms with van der Waals surface area (Å²) < 4.78 is 1.62. The van der Waals surface area contributed by atoms with Gasteiger partial charge in [-0.05, 0) is 63.7 Å². The van der Waals surface area contributed by atoms with E-state index < -0.39 is 0 Å². The lowest BCUT2D eigenvalue weighted by molar-refractivity contribution is 1.35. The fourth-order valence-electron chi connectivity index (χ4n) is 1.34. The maximum Gasteiger partial charge on any atom is 0.139 e. The molecule has 0 aliphatic heterocycles. The molecule has 0 atom stereocenters. The molecule has 0 bridgehead atoms. The minimum Gasteiger partial charge on any atom is -0.192 e. The van der Waals surface area contributed by atoms with E-state index in [9.17, 15) is 0 Å². The van der Waals surface area contributed by atoms with E-state index in [-0.39, 0.29) is 11.1 Å². The predicted octanol–water partition coefficient (Wildman–Crippen LogP) is 3.13. The maximum atomic E-state index is 8.99. The van der Waals surface area contributed by atoms with Gasteiger partial charge in [0.15, 0.2) is 0 Å². The lowest BCUT2D eigenvalue weighted by Gasteiger charge is -2.06. The highest BCUT2D eigenvalue weighted by Gasteiger charge is 2.16. The van der Waals surface area contributed by atoms with Crippen molar-refractivity contribution in [2.75, 3.05) is 0 Å². The van der Waals surface area contributed by atoms with Gasteiger partial charge >= 0.3 is 0 Å². The van der Waals surface area contributed by atoms with E-state index in [4.69, 9.17) is 21.0 Å². The van der Waals surface area contributed by atoms with Crippen LogP contribution in [0.15, 0.2) is 17.9 Å². The van der Waals surface area contributed by atoms with Crippen molar-refractivity contribution in [1.82, 2.24) is 0 Å². The van der Waals surface area contributed by atoms with E-state index in [0.717, 1.165) is 0 Å². The average molecular weight is 520 g/mol. The molecule has 20 heavy (non-hydrogen) atoms. The first-order chi connectivity index (χ1) is 9.44. The molecule has 0 heterocycles. The summed E-state index contributed by atoms with van der Waals surface area (Å²) in [6.07, 6.45) is 0. The molecule has 0 saturated carbocycles. The first-order valence-electron chi connectivity index (χ1n) is 4.65. The monoisotopic (exact) mass is 516 g/mol. The zero-order chi connectivity index (χ0) is 15.4. The van der Waals surface area contributed by atoms with Crippen LogP contribution in [-0.4, -0.2) is 0 Å². The number of nitriles is 4. The molecule has 0 unspecified atom stereocenters. The van der Waals surface area contributed by atoms with Gasteiger partial charge in [0.2, 0.25) is 0 Å². The molecular weight excluding hydrogens is 520 g/mol. The van der Waals surface area contributed by atoms with Gasteiger partial charge < -0.3 is 0 Å². The number of halogens is 4. The van der Waals surface area contributed by atoms with Crippen LogP contribution in [0.4, 0.5) is 0 Å². The number of benzene rings is 1. The van der Waals surface area contributed by atoms with Crippen molar-refractivity contribution in [3.63, 3.8) is 0 Å². The Morgan fingerprint density at radius 1 is 0.550 bits per heavy atom. The topological polar surface area (TPSA) is 95.2 Å². The van der Waals surface area contributed by atoms with E-state index in [1.165, 1.54) is 0 Å².